The second-order valence-electron chi connectivity index (χ2n) is 10.7. The first-order valence-electron chi connectivity index (χ1n) is 14.1. The van der Waals surface area contributed by atoms with Gasteiger partial charge in [0.1, 0.15) is 12.1 Å². The molecule has 0 radical (unpaired) electrons. The smallest absolute Gasteiger partial charge is 0.253 e. The van der Waals surface area contributed by atoms with Gasteiger partial charge < -0.3 is 29.5 Å². The number of ether oxygens (including phenoxy) is 2. The molecule has 3 aromatic carbocycles. The molecule has 1 spiro atoms. The number of likely N-dealkylation sites (tertiary alicyclic amines) is 1. The van der Waals surface area contributed by atoms with Crippen molar-refractivity contribution in [1.29, 1.82) is 0 Å². The van der Waals surface area contributed by atoms with Crippen LogP contribution in [-0.4, -0.2) is 66.2 Å². The van der Waals surface area contributed by atoms with Crippen LogP contribution in [0.5, 0.6) is 11.5 Å². The molecular formula is C32H34N4O5. The van der Waals surface area contributed by atoms with E-state index in [-0.39, 0.29) is 31.1 Å². The predicted octanol–water partition coefficient (Wildman–Crippen LogP) is 3.58. The molecule has 3 aromatic rings. The van der Waals surface area contributed by atoms with Crippen LogP contribution < -0.4 is 19.7 Å². The molecule has 0 atom stereocenters. The molecule has 0 unspecified atom stereocenters. The van der Waals surface area contributed by atoms with E-state index in [1.54, 1.807) is 4.90 Å². The highest BCUT2D eigenvalue weighted by atomic mass is 16.7. The first-order chi connectivity index (χ1) is 20.0. The number of nitrogens with zero attached hydrogens (tertiary/aromatic N) is 3. The van der Waals surface area contributed by atoms with Crippen LogP contribution in [0.25, 0.3) is 0 Å². The fourth-order valence-corrected chi connectivity index (χ4v) is 5.95. The van der Waals surface area contributed by atoms with E-state index in [0.717, 1.165) is 17.7 Å². The van der Waals surface area contributed by atoms with Gasteiger partial charge in [-0.3, -0.25) is 14.4 Å². The predicted molar refractivity (Wildman–Crippen MR) is 154 cm³/mol. The SMILES string of the molecule is CCc1ccc(C(=O)N2CCC3(CC2)C(=O)N(CC(=O)NCc2ccc4c(c2)OCO4)CN3c2ccccc2)cc1. The van der Waals surface area contributed by atoms with E-state index < -0.39 is 5.54 Å². The van der Waals surface area contributed by atoms with E-state index in [1.807, 2.05) is 77.7 Å². The molecular weight excluding hydrogens is 520 g/mol. The number of piperidine rings is 1. The van der Waals surface area contributed by atoms with Crippen molar-refractivity contribution in [3.8, 4) is 11.5 Å². The van der Waals surface area contributed by atoms with Crippen LogP contribution in [0.2, 0.25) is 0 Å². The number of anilines is 1. The van der Waals surface area contributed by atoms with Gasteiger partial charge in [0, 0.05) is 30.9 Å². The molecule has 3 amide bonds. The van der Waals surface area contributed by atoms with Gasteiger partial charge in [-0.1, -0.05) is 43.3 Å². The third-order valence-electron chi connectivity index (χ3n) is 8.33. The Kier molecular flexibility index (Phi) is 7.26. The van der Waals surface area contributed by atoms with Crippen LogP contribution in [0, 0.1) is 0 Å². The van der Waals surface area contributed by atoms with Gasteiger partial charge in [0.2, 0.25) is 12.7 Å². The lowest BCUT2D eigenvalue weighted by Crippen LogP contribution is -2.57. The normalized spacial score (nSPS) is 17.3. The molecule has 3 aliphatic heterocycles. The number of fused-ring (bicyclic) bond motifs is 1. The summed E-state index contributed by atoms with van der Waals surface area (Å²) < 4.78 is 10.8. The Morgan fingerprint density at radius 3 is 2.34 bits per heavy atom. The average molecular weight is 555 g/mol. The molecule has 9 nitrogen and oxygen atoms in total. The summed E-state index contributed by atoms with van der Waals surface area (Å²) in [6.07, 6.45) is 1.91. The van der Waals surface area contributed by atoms with Gasteiger partial charge in [0.05, 0.1) is 6.67 Å². The van der Waals surface area contributed by atoms with Crippen molar-refractivity contribution < 1.29 is 23.9 Å². The third kappa shape index (κ3) is 5.19. The molecule has 0 aromatic heterocycles. The summed E-state index contributed by atoms with van der Waals surface area (Å²) in [6.45, 7) is 3.81. The van der Waals surface area contributed by atoms with E-state index in [1.165, 1.54) is 5.56 Å². The summed E-state index contributed by atoms with van der Waals surface area (Å²) >= 11 is 0. The van der Waals surface area contributed by atoms with Gasteiger partial charge in [0.15, 0.2) is 11.5 Å². The van der Waals surface area contributed by atoms with E-state index in [2.05, 4.69) is 17.1 Å². The Labute approximate surface area is 239 Å². The van der Waals surface area contributed by atoms with Crippen LogP contribution >= 0.6 is 0 Å². The highest BCUT2D eigenvalue weighted by Gasteiger charge is 2.54. The van der Waals surface area contributed by atoms with Crippen LogP contribution in [0.4, 0.5) is 5.69 Å². The summed E-state index contributed by atoms with van der Waals surface area (Å²) in [5, 5.41) is 2.93. The quantitative estimate of drug-likeness (QED) is 0.480. The first-order valence-corrected chi connectivity index (χ1v) is 14.1. The fourth-order valence-electron chi connectivity index (χ4n) is 5.95. The molecule has 1 N–H and O–H groups in total. The lowest BCUT2D eigenvalue weighted by molar-refractivity contribution is -0.137. The van der Waals surface area contributed by atoms with Gasteiger partial charge in [-0.25, -0.2) is 0 Å². The average Bonchev–Trinajstić information content (AvgIpc) is 3.59. The molecule has 3 aliphatic rings. The number of nitrogens with one attached hydrogen (secondary N) is 1. The highest BCUT2D eigenvalue weighted by Crippen LogP contribution is 2.39. The molecule has 41 heavy (non-hydrogen) atoms. The standard InChI is InChI=1S/C32H34N4O5/c1-2-23-8-11-25(12-9-23)30(38)34-16-14-32(15-17-34)31(39)35(21-36(32)26-6-4-3-5-7-26)20-29(37)33-19-24-10-13-27-28(18-24)41-22-40-27/h3-13,18H,2,14-17,19-22H2,1H3,(H,33,37). The number of carbonyl (C=O) groups is 3. The van der Waals surface area contributed by atoms with Gasteiger partial charge in [-0.05, 0) is 66.8 Å². The molecule has 0 saturated carbocycles. The summed E-state index contributed by atoms with van der Waals surface area (Å²) in [7, 11) is 0. The highest BCUT2D eigenvalue weighted by molar-refractivity contribution is 5.97. The topological polar surface area (TPSA) is 91.4 Å². The number of rotatable bonds is 7. The number of amides is 3. The zero-order chi connectivity index (χ0) is 28.4. The fraction of sp³-hybridized carbons (Fsp3) is 0.344. The van der Waals surface area contributed by atoms with Crippen molar-refractivity contribution >= 4 is 23.4 Å². The van der Waals surface area contributed by atoms with Gasteiger partial charge in [0.25, 0.3) is 11.8 Å². The van der Waals surface area contributed by atoms with Crippen LogP contribution in [-0.2, 0) is 22.6 Å². The minimum absolute atomic E-state index is 0.0149. The van der Waals surface area contributed by atoms with Crippen LogP contribution in [0.15, 0.2) is 72.8 Å². The zero-order valence-corrected chi connectivity index (χ0v) is 23.2. The maximum Gasteiger partial charge on any atom is 0.253 e. The van der Waals surface area contributed by atoms with E-state index in [4.69, 9.17) is 9.47 Å². The number of aryl methyl sites for hydroxylation is 1. The van der Waals surface area contributed by atoms with Crippen LogP contribution in [0.1, 0.15) is 41.3 Å². The number of para-hydroxylation sites is 1. The molecule has 9 heteroatoms. The van der Waals surface area contributed by atoms with Crippen molar-refractivity contribution in [2.75, 3.05) is 38.0 Å². The molecule has 0 bridgehead atoms. The Morgan fingerprint density at radius 2 is 1.61 bits per heavy atom. The largest absolute Gasteiger partial charge is 0.454 e. The van der Waals surface area contributed by atoms with Gasteiger partial charge in [-0.2, -0.15) is 0 Å². The molecule has 2 fully saturated rings. The Bertz CT molecular complexity index is 1430. The monoisotopic (exact) mass is 554 g/mol. The maximum absolute atomic E-state index is 14.0. The molecule has 3 heterocycles. The Morgan fingerprint density at radius 1 is 0.902 bits per heavy atom. The minimum Gasteiger partial charge on any atom is -0.454 e. The van der Waals surface area contributed by atoms with Crippen molar-refractivity contribution in [3.05, 3.63) is 89.5 Å². The Balaban J connectivity index is 1.14. The Hall–Kier alpha value is -4.53. The molecule has 6 rings (SSSR count). The number of hydrogen-bond donors (Lipinski definition) is 1. The number of benzene rings is 3. The van der Waals surface area contributed by atoms with Crippen molar-refractivity contribution in [2.24, 2.45) is 0 Å². The van der Waals surface area contributed by atoms with Crippen molar-refractivity contribution in [2.45, 2.75) is 38.3 Å². The lowest BCUT2D eigenvalue weighted by atomic mass is 9.85. The number of hydrogen-bond acceptors (Lipinski definition) is 6. The first kappa shape index (κ1) is 26.7. The van der Waals surface area contributed by atoms with Crippen molar-refractivity contribution in [3.63, 3.8) is 0 Å². The van der Waals surface area contributed by atoms with E-state index in [9.17, 15) is 14.4 Å². The number of carbonyl (C=O) groups excluding carboxylic acids is 3. The summed E-state index contributed by atoms with van der Waals surface area (Å²) in [6, 6.07) is 23.1. The lowest BCUT2D eigenvalue weighted by Gasteiger charge is -2.43. The second-order valence-corrected chi connectivity index (χ2v) is 10.7. The van der Waals surface area contributed by atoms with Crippen LogP contribution in [0.3, 0.4) is 0 Å². The second kappa shape index (κ2) is 11.2. The summed E-state index contributed by atoms with van der Waals surface area (Å²) in [4.78, 5) is 45.8. The molecule has 2 saturated heterocycles. The minimum atomic E-state index is -0.804. The zero-order valence-electron chi connectivity index (χ0n) is 23.2. The summed E-state index contributed by atoms with van der Waals surface area (Å²) in [5.74, 6) is 1.04. The summed E-state index contributed by atoms with van der Waals surface area (Å²) in [5.41, 5.74) is 2.87. The van der Waals surface area contributed by atoms with Crippen molar-refractivity contribution in [1.82, 2.24) is 15.1 Å². The van der Waals surface area contributed by atoms with E-state index >= 15 is 0 Å². The molecule has 0 aliphatic carbocycles. The third-order valence-corrected chi connectivity index (χ3v) is 8.33. The maximum atomic E-state index is 14.0. The molecule has 212 valence electrons. The van der Waals surface area contributed by atoms with Gasteiger partial charge >= 0.3 is 0 Å². The van der Waals surface area contributed by atoms with Gasteiger partial charge in [-0.15, -0.1) is 0 Å². The van der Waals surface area contributed by atoms with E-state index in [0.29, 0.717) is 56.2 Å².